The first-order valence-electron chi connectivity index (χ1n) is 5.80. The van der Waals surface area contributed by atoms with E-state index in [4.69, 9.17) is 11.6 Å². The number of halogens is 1. The maximum Gasteiger partial charge on any atom is 0.255 e. The summed E-state index contributed by atoms with van der Waals surface area (Å²) in [6.45, 7) is 6.59. The van der Waals surface area contributed by atoms with Crippen LogP contribution in [0.4, 0.5) is 0 Å². The normalized spacial score (nSPS) is 12.2. The number of amides is 1. The van der Waals surface area contributed by atoms with Crippen LogP contribution in [0.2, 0.25) is 5.02 Å². The lowest BCUT2D eigenvalue weighted by molar-refractivity contribution is 0.0699. The second kappa shape index (κ2) is 5.92. The maximum atomic E-state index is 12.3. The minimum atomic E-state index is -0.136. The molecule has 0 aromatic heterocycles. The fourth-order valence-electron chi connectivity index (χ4n) is 1.71. The Kier molecular flexibility index (Phi) is 4.82. The van der Waals surface area contributed by atoms with E-state index in [1.54, 1.807) is 4.90 Å². The summed E-state index contributed by atoms with van der Waals surface area (Å²) in [6, 6.07) is 4.58. The van der Waals surface area contributed by atoms with E-state index in [0.717, 1.165) is 6.42 Å². The van der Waals surface area contributed by atoms with Gasteiger partial charge in [0.25, 0.3) is 5.91 Å². The molecule has 1 N–H and O–H groups in total. The Hall–Kier alpha value is -1.22. The number of rotatable bonds is 4. The van der Waals surface area contributed by atoms with Crippen molar-refractivity contribution >= 4 is 17.5 Å². The lowest BCUT2D eigenvalue weighted by Gasteiger charge is -2.27. The molecule has 0 aliphatic rings. The summed E-state index contributed by atoms with van der Waals surface area (Å²) in [5.41, 5.74) is 0.355. The Bertz CT molecular complexity index is 406. The van der Waals surface area contributed by atoms with Crippen molar-refractivity contribution in [1.29, 1.82) is 0 Å². The number of hydrogen-bond acceptors (Lipinski definition) is 2. The second-order valence-corrected chi connectivity index (χ2v) is 4.42. The molecule has 4 heteroatoms. The lowest BCUT2D eigenvalue weighted by Crippen LogP contribution is -2.38. The van der Waals surface area contributed by atoms with Gasteiger partial charge >= 0.3 is 0 Å². The van der Waals surface area contributed by atoms with Crippen LogP contribution in [0.3, 0.4) is 0 Å². The van der Waals surface area contributed by atoms with Crippen molar-refractivity contribution < 1.29 is 9.90 Å². The molecule has 0 saturated carbocycles. The van der Waals surface area contributed by atoms with Crippen molar-refractivity contribution in [1.82, 2.24) is 4.90 Å². The summed E-state index contributed by atoms with van der Waals surface area (Å²) in [5.74, 6) is -0.0827. The molecular weight excluding hydrogens is 238 g/mol. The van der Waals surface area contributed by atoms with E-state index < -0.39 is 0 Å². The van der Waals surface area contributed by atoms with E-state index in [9.17, 15) is 9.90 Å². The molecule has 3 nitrogen and oxygen atoms in total. The van der Waals surface area contributed by atoms with Gasteiger partial charge in [-0.1, -0.05) is 18.5 Å². The number of aromatic hydroxyl groups is 1. The standard InChI is InChI=1S/C13H18ClNO2/c1-4-9(3)15(5-2)13(17)11-8-10(16)6-7-12(11)14/h6-9,16H,4-5H2,1-3H3. The number of phenols is 1. The first-order chi connectivity index (χ1) is 8.01. The molecule has 17 heavy (non-hydrogen) atoms. The molecule has 0 bridgehead atoms. The van der Waals surface area contributed by atoms with Gasteiger partial charge in [0.1, 0.15) is 5.75 Å². The molecule has 0 spiro atoms. The number of benzene rings is 1. The summed E-state index contributed by atoms with van der Waals surface area (Å²) in [4.78, 5) is 14.0. The summed E-state index contributed by atoms with van der Waals surface area (Å²) in [5, 5.41) is 9.78. The topological polar surface area (TPSA) is 40.5 Å². The van der Waals surface area contributed by atoms with Crippen molar-refractivity contribution in [3.63, 3.8) is 0 Å². The number of carbonyl (C=O) groups is 1. The van der Waals surface area contributed by atoms with Crippen molar-refractivity contribution in [2.45, 2.75) is 33.2 Å². The van der Waals surface area contributed by atoms with Crippen LogP contribution in [0.25, 0.3) is 0 Å². The second-order valence-electron chi connectivity index (χ2n) is 4.01. The molecular formula is C13H18ClNO2. The van der Waals surface area contributed by atoms with E-state index in [1.807, 2.05) is 20.8 Å². The Morgan fingerprint density at radius 1 is 1.47 bits per heavy atom. The average molecular weight is 256 g/mol. The van der Waals surface area contributed by atoms with Gasteiger partial charge in [0, 0.05) is 12.6 Å². The monoisotopic (exact) mass is 255 g/mol. The summed E-state index contributed by atoms with van der Waals surface area (Å²) in [7, 11) is 0. The average Bonchev–Trinajstić information content (AvgIpc) is 2.32. The minimum Gasteiger partial charge on any atom is -0.508 e. The van der Waals surface area contributed by atoms with Gasteiger partial charge < -0.3 is 10.0 Å². The maximum absolute atomic E-state index is 12.3. The minimum absolute atomic E-state index is 0.0537. The Balaban J connectivity index is 3.05. The van der Waals surface area contributed by atoms with Crippen LogP contribution in [0.5, 0.6) is 5.75 Å². The molecule has 1 unspecified atom stereocenters. The molecule has 1 aromatic carbocycles. The number of phenolic OH excluding ortho intramolecular Hbond substituents is 1. The molecule has 0 saturated heterocycles. The first kappa shape index (κ1) is 13.8. The highest BCUT2D eigenvalue weighted by molar-refractivity contribution is 6.33. The molecule has 94 valence electrons. The fraction of sp³-hybridized carbons (Fsp3) is 0.462. The lowest BCUT2D eigenvalue weighted by atomic mass is 10.1. The Labute approximate surface area is 107 Å². The third-order valence-electron chi connectivity index (χ3n) is 2.90. The third-order valence-corrected chi connectivity index (χ3v) is 3.23. The van der Waals surface area contributed by atoms with Crippen LogP contribution in [0.1, 0.15) is 37.6 Å². The summed E-state index contributed by atoms with van der Waals surface area (Å²) < 4.78 is 0. The molecule has 1 amide bonds. The van der Waals surface area contributed by atoms with Gasteiger partial charge in [0.05, 0.1) is 10.6 Å². The Morgan fingerprint density at radius 3 is 2.65 bits per heavy atom. The zero-order valence-electron chi connectivity index (χ0n) is 10.4. The fourth-order valence-corrected chi connectivity index (χ4v) is 1.91. The van der Waals surface area contributed by atoms with Crippen LogP contribution >= 0.6 is 11.6 Å². The zero-order valence-corrected chi connectivity index (χ0v) is 11.2. The molecule has 0 heterocycles. The number of nitrogens with zero attached hydrogens (tertiary/aromatic N) is 1. The van der Waals surface area contributed by atoms with E-state index in [1.165, 1.54) is 18.2 Å². The molecule has 0 aliphatic heterocycles. The van der Waals surface area contributed by atoms with Gasteiger partial charge in [-0.3, -0.25) is 4.79 Å². The van der Waals surface area contributed by atoms with Crippen LogP contribution in [-0.4, -0.2) is 28.5 Å². The van der Waals surface area contributed by atoms with E-state index >= 15 is 0 Å². The molecule has 0 fully saturated rings. The van der Waals surface area contributed by atoms with Gasteiger partial charge in [0.2, 0.25) is 0 Å². The SMILES string of the molecule is CCC(C)N(CC)C(=O)c1cc(O)ccc1Cl. The van der Waals surface area contributed by atoms with Gasteiger partial charge in [-0.25, -0.2) is 0 Å². The molecule has 1 aromatic rings. The van der Waals surface area contributed by atoms with E-state index in [0.29, 0.717) is 17.1 Å². The molecule has 1 atom stereocenters. The summed E-state index contributed by atoms with van der Waals surface area (Å²) in [6.07, 6.45) is 0.885. The van der Waals surface area contributed by atoms with Crippen LogP contribution in [0.15, 0.2) is 18.2 Å². The van der Waals surface area contributed by atoms with Gasteiger partial charge in [-0.2, -0.15) is 0 Å². The van der Waals surface area contributed by atoms with Crippen molar-refractivity contribution in [3.05, 3.63) is 28.8 Å². The smallest absolute Gasteiger partial charge is 0.255 e. The first-order valence-corrected chi connectivity index (χ1v) is 6.18. The van der Waals surface area contributed by atoms with Crippen LogP contribution in [-0.2, 0) is 0 Å². The largest absolute Gasteiger partial charge is 0.508 e. The highest BCUT2D eigenvalue weighted by Gasteiger charge is 2.21. The molecule has 1 rings (SSSR count). The number of carbonyl (C=O) groups excluding carboxylic acids is 1. The highest BCUT2D eigenvalue weighted by atomic mass is 35.5. The molecule has 0 radical (unpaired) electrons. The predicted molar refractivity (Wildman–Crippen MR) is 69.6 cm³/mol. The van der Waals surface area contributed by atoms with Gasteiger partial charge in [-0.15, -0.1) is 0 Å². The number of hydrogen-bond donors (Lipinski definition) is 1. The van der Waals surface area contributed by atoms with Crippen LogP contribution in [0, 0.1) is 0 Å². The van der Waals surface area contributed by atoms with Crippen molar-refractivity contribution in [2.75, 3.05) is 6.54 Å². The van der Waals surface area contributed by atoms with E-state index in [2.05, 4.69) is 0 Å². The summed E-state index contributed by atoms with van der Waals surface area (Å²) >= 11 is 5.98. The highest BCUT2D eigenvalue weighted by Crippen LogP contribution is 2.23. The zero-order chi connectivity index (χ0) is 13.0. The van der Waals surface area contributed by atoms with Crippen LogP contribution < -0.4 is 0 Å². The molecule has 0 aliphatic carbocycles. The Morgan fingerprint density at radius 2 is 2.12 bits per heavy atom. The van der Waals surface area contributed by atoms with Gasteiger partial charge in [0.15, 0.2) is 0 Å². The quantitative estimate of drug-likeness (QED) is 0.897. The third kappa shape index (κ3) is 3.13. The predicted octanol–water partition coefficient (Wildman–Crippen LogP) is 3.31. The van der Waals surface area contributed by atoms with Crippen molar-refractivity contribution in [3.8, 4) is 5.75 Å². The van der Waals surface area contributed by atoms with E-state index in [-0.39, 0.29) is 17.7 Å². The van der Waals surface area contributed by atoms with Crippen molar-refractivity contribution in [2.24, 2.45) is 0 Å². The van der Waals surface area contributed by atoms with Gasteiger partial charge in [-0.05, 0) is 38.5 Å².